The van der Waals surface area contributed by atoms with Crippen LogP contribution in [-0.2, 0) is 4.74 Å². The van der Waals surface area contributed by atoms with Gasteiger partial charge in [0.15, 0.2) is 0 Å². The number of aryl methyl sites for hydroxylation is 1. The van der Waals surface area contributed by atoms with Gasteiger partial charge in [0.2, 0.25) is 0 Å². The second kappa shape index (κ2) is 4.29. The Kier molecular flexibility index (Phi) is 3.01. The Balaban J connectivity index is 2.65. The first-order valence-electron chi connectivity index (χ1n) is 5.08. The van der Waals surface area contributed by atoms with Crippen molar-refractivity contribution in [2.24, 2.45) is 0 Å². The van der Waals surface area contributed by atoms with Crippen LogP contribution in [0.15, 0.2) is 29.0 Å². The molecule has 2 heterocycles. The van der Waals surface area contributed by atoms with E-state index in [1.54, 1.807) is 6.92 Å². The van der Waals surface area contributed by atoms with Crippen LogP contribution in [0.4, 0.5) is 0 Å². The number of aromatic nitrogens is 1. The fourth-order valence-corrected chi connectivity index (χ4v) is 2.20. The molecule has 2 rings (SSSR count). The molecule has 0 aliphatic rings. The molecule has 84 valence electrons. The maximum atomic E-state index is 11.8. The highest BCUT2D eigenvalue weighted by Crippen LogP contribution is 2.23. The van der Waals surface area contributed by atoms with Crippen LogP contribution in [0.1, 0.15) is 22.8 Å². The lowest BCUT2D eigenvalue weighted by Crippen LogP contribution is -2.05. The zero-order valence-electron chi connectivity index (χ0n) is 9.16. The van der Waals surface area contributed by atoms with Gasteiger partial charge in [0, 0.05) is 6.20 Å². The number of carbonyl (C=O) groups excluding carboxylic acids is 1. The molecule has 0 aliphatic heterocycles. The van der Waals surface area contributed by atoms with Crippen LogP contribution < -0.4 is 0 Å². The SMILES string of the molecule is CCOC(=O)c1c(C)cn2c(Br)cccc12. The van der Waals surface area contributed by atoms with E-state index in [4.69, 9.17) is 4.74 Å². The summed E-state index contributed by atoms with van der Waals surface area (Å²) in [7, 11) is 0. The van der Waals surface area contributed by atoms with Gasteiger partial charge in [0.05, 0.1) is 22.3 Å². The fourth-order valence-electron chi connectivity index (χ4n) is 1.76. The van der Waals surface area contributed by atoms with Crippen molar-refractivity contribution in [3.63, 3.8) is 0 Å². The van der Waals surface area contributed by atoms with Crippen LogP contribution in [0.3, 0.4) is 0 Å². The van der Waals surface area contributed by atoms with Gasteiger partial charge >= 0.3 is 5.97 Å². The number of rotatable bonds is 2. The number of fused-ring (bicyclic) bond motifs is 1. The lowest BCUT2D eigenvalue weighted by atomic mass is 10.2. The van der Waals surface area contributed by atoms with E-state index >= 15 is 0 Å². The number of nitrogens with zero attached hydrogens (tertiary/aromatic N) is 1. The van der Waals surface area contributed by atoms with E-state index in [0.717, 1.165) is 15.7 Å². The van der Waals surface area contributed by atoms with Crippen molar-refractivity contribution in [3.05, 3.63) is 40.1 Å². The molecule has 0 atom stereocenters. The smallest absolute Gasteiger partial charge is 0.340 e. The molecule has 0 saturated carbocycles. The van der Waals surface area contributed by atoms with E-state index in [-0.39, 0.29) is 5.97 Å². The summed E-state index contributed by atoms with van der Waals surface area (Å²) >= 11 is 3.44. The Bertz CT molecular complexity index is 545. The predicted molar refractivity (Wildman–Crippen MR) is 65.8 cm³/mol. The second-order valence-corrected chi connectivity index (χ2v) is 4.32. The zero-order chi connectivity index (χ0) is 11.7. The molecule has 0 unspecified atom stereocenters. The molecule has 0 fully saturated rings. The molecule has 0 bridgehead atoms. The van der Waals surface area contributed by atoms with Crippen LogP contribution in [0.2, 0.25) is 0 Å². The molecule has 0 saturated heterocycles. The molecule has 4 heteroatoms. The number of hydrogen-bond acceptors (Lipinski definition) is 2. The third kappa shape index (κ3) is 1.73. The Morgan fingerprint density at radius 3 is 2.94 bits per heavy atom. The molecule has 0 aromatic carbocycles. The number of ether oxygens (including phenoxy) is 1. The predicted octanol–water partition coefficient (Wildman–Crippen LogP) is 3.19. The highest BCUT2D eigenvalue weighted by molar-refractivity contribution is 9.10. The Morgan fingerprint density at radius 2 is 2.25 bits per heavy atom. The largest absolute Gasteiger partial charge is 0.462 e. The second-order valence-electron chi connectivity index (χ2n) is 3.51. The van der Waals surface area contributed by atoms with Crippen molar-refractivity contribution >= 4 is 27.4 Å². The van der Waals surface area contributed by atoms with Crippen LogP contribution in [0, 0.1) is 6.92 Å². The van der Waals surface area contributed by atoms with Crippen molar-refractivity contribution in [2.45, 2.75) is 13.8 Å². The number of esters is 1. The monoisotopic (exact) mass is 281 g/mol. The van der Waals surface area contributed by atoms with Crippen LogP contribution in [-0.4, -0.2) is 17.0 Å². The highest BCUT2D eigenvalue weighted by atomic mass is 79.9. The molecule has 0 spiro atoms. The minimum atomic E-state index is -0.263. The number of hydrogen-bond donors (Lipinski definition) is 0. The lowest BCUT2D eigenvalue weighted by molar-refractivity contribution is 0.0528. The Hall–Kier alpha value is -1.29. The van der Waals surface area contributed by atoms with E-state index in [1.807, 2.05) is 35.7 Å². The summed E-state index contributed by atoms with van der Waals surface area (Å²) in [6.07, 6.45) is 1.92. The summed E-state index contributed by atoms with van der Waals surface area (Å²) in [5, 5.41) is 0. The Labute approximate surface area is 102 Å². The maximum Gasteiger partial charge on any atom is 0.340 e. The summed E-state index contributed by atoms with van der Waals surface area (Å²) in [6, 6.07) is 5.74. The van der Waals surface area contributed by atoms with Gasteiger partial charge in [-0.05, 0) is 47.5 Å². The third-order valence-electron chi connectivity index (χ3n) is 2.43. The van der Waals surface area contributed by atoms with Crippen molar-refractivity contribution in [1.29, 1.82) is 0 Å². The zero-order valence-corrected chi connectivity index (χ0v) is 10.7. The molecular weight excluding hydrogens is 270 g/mol. The van der Waals surface area contributed by atoms with Gasteiger partial charge in [-0.2, -0.15) is 0 Å². The summed E-state index contributed by atoms with van der Waals surface area (Å²) in [5.74, 6) is -0.263. The molecule has 0 N–H and O–H groups in total. The highest BCUT2D eigenvalue weighted by Gasteiger charge is 2.16. The van der Waals surface area contributed by atoms with Gasteiger partial charge in [-0.3, -0.25) is 0 Å². The topological polar surface area (TPSA) is 30.7 Å². The van der Waals surface area contributed by atoms with Crippen molar-refractivity contribution in [1.82, 2.24) is 4.40 Å². The minimum absolute atomic E-state index is 0.263. The standard InChI is InChI=1S/C12H12BrNO2/c1-3-16-12(15)11-8(2)7-14-9(11)5-4-6-10(14)13/h4-7H,3H2,1-2H3. The molecule has 2 aromatic rings. The molecule has 0 aliphatic carbocycles. The van der Waals surface area contributed by atoms with E-state index in [1.165, 1.54) is 0 Å². The van der Waals surface area contributed by atoms with Gasteiger partial charge in [0.25, 0.3) is 0 Å². The van der Waals surface area contributed by atoms with Crippen LogP contribution in [0.5, 0.6) is 0 Å². The summed E-state index contributed by atoms with van der Waals surface area (Å²) in [5.41, 5.74) is 2.43. The van der Waals surface area contributed by atoms with Crippen LogP contribution >= 0.6 is 15.9 Å². The molecule has 2 aromatic heterocycles. The molecule has 16 heavy (non-hydrogen) atoms. The average Bonchev–Trinajstić information content (AvgIpc) is 2.56. The quantitative estimate of drug-likeness (QED) is 0.625. The fraction of sp³-hybridized carbons (Fsp3) is 0.250. The van der Waals surface area contributed by atoms with Crippen LogP contribution in [0.25, 0.3) is 5.52 Å². The third-order valence-corrected chi connectivity index (χ3v) is 3.08. The van der Waals surface area contributed by atoms with Gasteiger partial charge < -0.3 is 9.14 Å². The molecular formula is C12H12BrNO2. The van der Waals surface area contributed by atoms with Gasteiger partial charge in [-0.15, -0.1) is 0 Å². The van der Waals surface area contributed by atoms with Crippen molar-refractivity contribution < 1.29 is 9.53 Å². The summed E-state index contributed by atoms with van der Waals surface area (Å²) < 4.78 is 7.90. The van der Waals surface area contributed by atoms with Gasteiger partial charge in [-0.1, -0.05) is 6.07 Å². The average molecular weight is 282 g/mol. The normalized spacial score (nSPS) is 10.7. The van der Waals surface area contributed by atoms with E-state index < -0.39 is 0 Å². The van der Waals surface area contributed by atoms with E-state index in [0.29, 0.717) is 12.2 Å². The Morgan fingerprint density at radius 1 is 1.50 bits per heavy atom. The number of carbonyl (C=O) groups is 1. The number of pyridine rings is 1. The number of halogens is 1. The van der Waals surface area contributed by atoms with Gasteiger partial charge in [-0.25, -0.2) is 4.79 Å². The first-order chi connectivity index (χ1) is 7.65. The van der Waals surface area contributed by atoms with Gasteiger partial charge in [0.1, 0.15) is 0 Å². The first-order valence-corrected chi connectivity index (χ1v) is 5.87. The van der Waals surface area contributed by atoms with Crippen molar-refractivity contribution in [3.8, 4) is 0 Å². The summed E-state index contributed by atoms with van der Waals surface area (Å²) in [4.78, 5) is 11.8. The summed E-state index contributed by atoms with van der Waals surface area (Å²) in [6.45, 7) is 4.11. The maximum absolute atomic E-state index is 11.8. The lowest BCUT2D eigenvalue weighted by Gasteiger charge is -2.02. The van der Waals surface area contributed by atoms with Crippen molar-refractivity contribution in [2.75, 3.05) is 6.61 Å². The molecule has 3 nitrogen and oxygen atoms in total. The minimum Gasteiger partial charge on any atom is -0.462 e. The van der Waals surface area contributed by atoms with E-state index in [9.17, 15) is 4.79 Å². The molecule has 0 amide bonds. The molecule has 0 radical (unpaired) electrons. The van der Waals surface area contributed by atoms with E-state index in [2.05, 4.69) is 15.9 Å². The first kappa shape index (κ1) is 11.2.